The number of thiophene rings is 1. The largest absolute Gasteiger partial charge is 0.396 e. The monoisotopic (exact) mass is 481 g/mol. The van der Waals surface area contributed by atoms with Crippen LogP contribution in [0.1, 0.15) is 30.6 Å². The van der Waals surface area contributed by atoms with Gasteiger partial charge in [0, 0.05) is 41.7 Å². The van der Waals surface area contributed by atoms with Crippen LogP contribution in [0.3, 0.4) is 0 Å². The van der Waals surface area contributed by atoms with Crippen LogP contribution in [0.2, 0.25) is 0 Å². The predicted molar refractivity (Wildman–Crippen MR) is 136 cm³/mol. The number of aliphatic hydroxyl groups is 1. The first-order valence-corrected chi connectivity index (χ1v) is 13.4. The van der Waals surface area contributed by atoms with E-state index in [9.17, 15) is 13.7 Å². The third-order valence-electron chi connectivity index (χ3n) is 5.76. The molecule has 2 aromatic carbocycles. The van der Waals surface area contributed by atoms with E-state index >= 15 is 0 Å². The fourth-order valence-corrected chi connectivity index (χ4v) is 5.98. The van der Waals surface area contributed by atoms with Crippen molar-refractivity contribution in [1.82, 2.24) is 4.72 Å². The molecule has 0 aliphatic carbocycles. The Hall–Kier alpha value is -2.70. The molecule has 1 saturated heterocycles. The van der Waals surface area contributed by atoms with E-state index in [4.69, 9.17) is 5.11 Å². The summed E-state index contributed by atoms with van der Waals surface area (Å²) in [7, 11) is -3.90. The van der Waals surface area contributed by atoms with Gasteiger partial charge in [-0.2, -0.15) is 5.26 Å². The summed E-state index contributed by atoms with van der Waals surface area (Å²) >= 11 is 1.44. The summed E-state index contributed by atoms with van der Waals surface area (Å²) in [5, 5.41) is 20.5. The zero-order valence-corrected chi connectivity index (χ0v) is 20.0. The van der Waals surface area contributed by atoms with Gasteiger partial charge in [0.25, 0.3) is 10.0 Å². The van der Waals surface area contributed by atoms with Crippen LogP contribution in [0.5, 0.6) is 0 Å². The molecule has 0 unspecified atom stereocenters. The molecule has 0 amide bonds. The van der Waals surface area contributed by atoms with Crippen molar-refractivity contribution in [2.45, 2.75) is 25.7 Å². The van der Waals surface area contributed by atoms with Crippen LogP contribution in [0.15, 0.2) is 53.4 Å². The Morgan fingerprint density at radius 2 is 1.85 bits per heavy atom. The van der Waals surface area contributed by atoms with Gasteiger partial charge in [-0.25, -0.2) is 13.1 Å². The van der Waals surface area contributed by atoms with Gasteiger partial charge in [-0.1, -0.05) is 18.2 Å². The molecule has 1 aliphatic rings. The molecule has 1 aromatic heterocycles. The van der Waals surface area contributed by atoms with Gasteiger partial charge >= 0.3 is 0 Å². The van der Waals surface area contributed by atoms with E-state index in [1.165, 1.54) is 47.7 Å². The number of anilines is 1. The maximum Gasteiger partial charge on any atom is 0.250 e. The van der Waals surface area contributed by atoms with Crippen molar-refractivity contribution in [1.29, 1.82) is 5.26 Å². The van der Waals surface area contributed by atoms with Crippen LogP contribution in [-0.4, -0.2) is 39.8 Å². The van der Waals surface area contributed by atoms with Crippen molar-refractivity contribution >= 4 is 43.9 Å². The number of hydrogen-bond acceptors (Lipinski definition) is 6. The van der Waals surface area contributed by atoms with E-state index in [1.54, 1.807) is 6.07 Å². The second-order valence-corrected chi connectivity index (χ2v) is 10.9. The number of benzene rings is 2. The van der Waals surface area contributed by atoms with E-state index in [1.807, 2.05) is 12.1 Å². The maximum absolute atomic E-state index is 12.3. The molecule has 0 radical (unpaired) electrons. The van der Waals surface area contributed by atoms with Crippen molar-refractivity contribution in [2.75, 3.05) is 31.1 Å². The van der Waals surface area contributed by atoms with Gasteiger partial charge in [0.05, 0.1) is 0 Å². The number of piperidine rings is 1. The Morgan fingerprint density at radius 1 is 1.09 bits per heavy atom. The van der Waals surface area contributed by atoms with Crippen LogP contribution in [0.25, 0.3) is 27.3 Å². The highest BCUT2D eigenvalue weighted by molar-refractivity contribution is 7.93. The summed E-state index contributed by atoms with van der Waals surface area (Å²) in [6, 6.07) is 18.5. The van der Waals surface area contributed by atoms with Crippen molar-refractivity contribution in [3.05, 3.63) is 58.3 Å². The van der Waals surface area contributed by atoms with E-state index in [2.05, 4.69) is 46.0 Å². The van der Waals surface area contributed by atoms with Crippen LogP contribution in [-0.2, 0) is 10.0 Å². The van der Waals surface area contributed by atoms with Gasteiger partial charge in [0.1, 0.15) is 6.07 Å². The molecule has 6 nitrogen and oxygen atoms in total. The van der Waals surface area contributed by atoms with Gasteiger partial charge in [-0.15, -0.1) is 11.3 Å². The molecule has 0 bridgehead atoms. The molecule has 0 saturated carbocycles. The summed E-state index contributed by atoms with van der Waals surface area (Å²) in [5.41, 5.74) is 2.33. The van der Waals surface area contributed by atoms with Crippen molar-refractivity contribution in [2.24, 2.45) is 0 Å². The summed E-state index contributed by atoms with van der Waals surface area (Å²) in [4.78, 5) is 3.81. The number of hydrogen-bond donors (Lipinski definition) is 2. The molecule has 33 heavy (non-hydrogen) atoms. The third kappa shape index (κ3) is 5.63. The zero-order valence-electron chi connectivity index (χ0n) is 18.3. The molecular formula is C25H27N3O3S2. The first-order chi connectivity index (χ1) is 16.0. The average Bonchev–Trinajstić information content (AvgIpc) is 3.31. The molecular weight excluding hydrogens is 454 g/mol. The van der Waals surface area contributed by atoms with E-state index in [-0.39, 0.29) is 18.1 Å². The topological polar surface area (TPSA) is 93.4 Å². The lowest BCUT2D eigenvalue weighted by Gasteiger charge is -2.29. The fourth-order valence-electron chi connectivity index (χ4n) is 3.98. The van der Waals surface area contributed by atoms with Crippen molar-refractivity contribution in [3.63, 3.8) is 0 Å². The lowest BCUT2D eigenvalue weighted by atomic mass is 10.0. The summed E-state index contributed by atoms with van der Waals surface area (Å²) in [6.07, 6.45) is 5.50. The van der Waals surface area contributed by atoms with Crippen LogP contribution >= 0.6 is 11.3 Å². The summed E-state index contributed by atoms with van der Waals surface area (Å²) in [6.45, 7) is 2.21. The Bertz CT molecular complexity index is 1300. The number of nitrogens with zero attached hydrogens (tertiary/aromatic N) is 2. The molecule has 0 atom stereocenters. The normalized spacial score (nSPS) is 15.0. The molecule has 0 spiro atoms. The molecule has 1 aliphatic heterocycles. The Labute approximate surface area is 198 Å². The molecule has 1 fully saturated rings. The molecule has 4 rings (SSSR count). The summed E-state index contributed by atoms with van der Waals surface area (Å²) < 4.78 is 27.0. The zero-order chi connectivity index (χ0) is 23.3. The smallest absolute Gasteiger partial charge is 0.250 e. The van der Waals surface area contributed by atoms with Gasteiger partial charge in [-0.3, -0.25) is 0 Å². The van der Waals surface area contributed by atoms with E-state index in [0.29, 0.717) is 11.3 Å². The van der Waals surface area contributed by atoms with E-state index in [0.717, 1.165) is 28.9 Å². The highest BCUT2D eigenvalue weighted by Crippen LogP contribution is 2.33. The number of rotatable bonds is 8. The average molecular weight is 482 g/mol. The minimum atomic E-state index is -3.90. The second kappa shape index (κ2) is 10.5. The second-order valence-electron chi connectivity index (χ2n) is 8.09. The number of aliphatic hydroxyl groups excluding tert-OH is 1. The predicted octanol–water partition coefficient (Wildman–Crippen LogP) is 4.72. The maximum atomic E-state index is 12.3. The fraction of sp³-hybridized carbons (Fsp3) is 0.320. The minimum absolute atomic E-state index is 0.0874. The highest BCUT2D eigenvalue weighted by atomic mass is 32.2. The quantitative estimate of drug-likeness (QED) is 0.359. The summed E-state index contributed by atoms with van der Waals surface area (Å²) in [5.74, 6) is 0. The molecule has 8 heteroatoms. The van der Waals surface area contributed by atoms with Gasteiger partial charge in [0.2, 0.25) is 0 Å². The number of nitriles is 1. The molecule has 2 heterocycles. The molecule has 2 N–H and O–H groups in total. The molecule has 3 aromatic rings. The number of sulfonamides is 1. The Balaban J connectivity index is 1.55. The number of nitrogens with one attached hydrogen (secondary N) is 1. The van der Waals surface area contributed by atoms with Gasteiger partial charge in [-0.05, 0) is 78.4 Å². The minimum Gasteiger partial charge on any atom is -0.396 e. The lowest BCUT2D eigenvalue weighted by molar-refractivity contribution is 0.289. The number of fused-ring (bicyclic) bond motifs is 1. The van der Waals surface area contributed by atoms with Crippen LogP contribution < -0.4 is 9.62 Å². The van der Waals surface area contributed by atoms with Crippen LogP contribution in [0.4, 0.5) is 5.69 Å². The van der Waals surface area contributed by atoms with Crippen LogP contribution in [0, 0.1) is 11.3 Å². The van der Waals surface area contributed by atoms with Crippen molar-refractivity contribution < 1.29 is 13.5 Å². The Morgan fingerprint density at radius 3 is 2.61 bits per heavy atom. The Kier molecular flexibility index (Phi) is 7.46. The van der Waals surface area contributed by atoms with Gasteiger partial charge < -0.3 is 10.0 Å². The first-order valence-electron chi connectivity index (χ1n) is 11.1. The lowest BCUT2D eigenvalue weighted by Crippen LogP contribution is -2.29. The van der Waals surface area contributed by atoms with E-state index < -0.39 is 10.0 Å². The van der Waals surface area contributed by atoms with Gasteiger partial charge in [0.15, 0.2) is 4.91 Å². The highest BCUT2D eigenvalue weighted by Gasteiger charge is 2.17. The SMILES string of the molecule is N#C/C(=C\c1ccc(-c2ccc3cc(N4CCCCC4)ccc3c2)s1)S(=O)(=O)NCCCO. The third-order valence-corrected chi connectivity index (χ3v) is 8.21. The molecule has 172 valence electrons. The number of allylic oxidation sites excluding steroid dienone is 1. The van der Waals surface area contributed by atoms with Crippen molar-refractivity contribution in [3.8, 4) is 16.5 Å². The first kappa shape index (κ1) is 23.5. The standard InChI is InChI=1S/C25H27N3O3S2/c26-18-24(33(30,31)27-11-4-14-29)17-23-9-10-25(32-23)21-6-5-20-16-22(8-7-19(20)15-21)28-12-2-1-3-13-28/h5-10,15-17,27,29H,1-4,11-14H2/b24-17+.